The highest BCUT2D eigenvalue weighted by Crippen LogP contribution is 2.37. The van der Waals surface area contributed by atoms with Gasteiger partial charge in [0.15, 0.2) is 0 Å². The van der Waals surface area contributed by atoms with E-state index in [4.69, 9.17) is 5.73 Å². The topological polar surface area (TPSA) is 78.0 Å². The van der Waals surface area contributed by atoms with Crippen LogP contribution in [0.2, 0.25) is 0 Å². The first-order valence-corrected chi connectivity index (χ1v) is 10.1. The van der Waals surface area contributed by atoms with Gasteiger partial charge in [-0.25, -0.2) is 4.98 Å². The van der Waals surface area contributed by atoms with Crippen molar-refractivity contribution in [1.29, 1.82) is 0 Å². The number of primary amides is 1. The summed E-state index contributed by atoms with van der Waals surface area (Å²) in [6.07, 6.45) is 1.25. The highest BCUT2D eigenvalue weighted by atomic mass is 79.9. The normalized spacial score (nSPS) is 12.5. The first-order valence-electron chi connectivity index (χ1n) is 8.48. The van der Waals surface area contributed by atoms with Crippen LogP contribution in [0.25, 0.3) is 21.3 Å². The molecule has 5 nitrogen and oxygen atoms in total. The zero-order valence-corrected chi connectivity index (χ0v) is 17.3. The molecule has 0 fully saturated rings. The predicted octanol–water partition coefficient (Wildman–Crippen LogP) is 4.19. The third-order valence-corrected chi connectivity index (χ3v) is 6.24. The van der Waals surface area contributed by atoms with Crippen LogP contribution in [0.15, 0.2) is 33.5 Å². The highest BCUT2D eigenvalue weighted by molar-refractivity contribution is 9.10. The second kappa shape index (κ2) is 7.32. The summed E-state index contributed by atoms with van der Waals surface area (Å²) >= 11 is 4.98. The minimum atomic E-state index is -0.692. The van der Waals surface area contributed by atoms with Crippen LogP contribution < -0.4 is 11.3 Å². The van der Waals surface area contributed by atoms with Gasteiger partial charge in [0.2, 0.25) is 5.91 Å². The van der Waals surface area contributed by atoms with Crippen LogP contribution in [0.4, 0.5) is 0 Å². The number of carbonyl (C=O) groups excluding carboxylic acids is 1. The van der Waals surface area contributed by atoms with Crippen molar-refractivity contribution in [3.05, 3.63) is 49.8 Å². The molecule has 0 aliphatic carbocycles. The van der Waals surface area contributed by atoms with Gasteiger partial charge in [0.25, 0.3) is 5.56 Å². The first-order chi connectivity index (χ1) is 12.4. The molecule has 0 saturated heterocycles. The summed E-state index contributed by atoms with van der Waals surface area (Å²) < 4.78 is 2.42. The fourth-order valence-electron chi connectivity index (χ4n) is 3.26. The molecule has 1 atom stereocenters. The average Bonchev–Trinajstić information content (AvgIpc) is 2.97. The Morgan fingerprint density at radius 2 is 1.96 bits per heavy atom. The van der Waals surface area contributed by atoms with Crippen LogP contribution >= 0.6 is 27.3 Å². The second-order valence-electron chi connectivity index (χ2n) is 6.10. The lowest BCUT2D eigenvalue weighted by Crippen LogP contribution is -2.35. The molecule has 0 bridgehead atoms. The van der Waals surface area contributed by atoms with Crippen LogP contribution in [0.3, 0.4) is 0 Å². The fraction of sp³-hybridized carbons (Fsp3) is 0.316. The molecule has 0 aliphatic heterocycles. The van der Waals surface area contributed by atoms with E-state index < -0.39 is 11.9 Å². The zero-order chi connectivity index (χ0) is 19.0. The van der Waals surface area contributed by atoms with Crippen LogP contribution in [-0.2, 0) is 11.2 Å². The highest BCUT2D eigenvalue weighted by Gasteiger charge is 2.24. The summed E-state index contributed by atoms with van der Waals surface area (Å²) in [6, 6.07) is 7.19. The molecule has 3 rings (SSSR count). The van der Waals surface area contributed by atoms with E-state index in [1.165, 1.54) is 15.9 Å². The van der Waals surface area contributed by atoms with Gasteiger partial charge in [-0.3, -0.25) is 14.2 Å². The number of rotatable bonds is 5. The quantitative estimate of drug-likeness (QED) is 0.654. The van der Waals surface area contributed by atoms with E-state index >= 15 is 0 Å². The number of nitrogens with zero attached hydrogens (tertiary/aromatic N) is 2. The molecule has 0 spiro atoms. The van der Waals surface area contributed by atoms with Gasteiger partial charge in [0, 0.05) is 14.9 Å². The minimum Gasteiger partial charge on any atom is -0.368 e. The van der Waals surface area contributed by atoms with Crippen molar-refractivity contribution in [3.8, 4) is 11.1 Å². The molecule has 0 aliphatic rings. The monoisotopic (exact) mass is 433 g/mol. The Balaban J connectivity index is 2.39. The van der Waals surface area contributed by atoms with E-state index in [-0.39, 0.29) is 5.56 Å². The van der Waals surface area contributed by atoms with E-state index in [9.17, 15) is 9.59 Å². The van der Waals surface area contributed by atoms with E-state index in [1.807, 2.05) is 31.2 Å². The van der Waals surface area contributed by atoms with Gasteiger partial charge in [-0.1, -0.05) is 41.9 Å². The molecule has 2 N–H and O–H groups in total. The van der Waals surface area contributed by atoms with Gasteiger partial charge in [0.05, 0.1) is 5.39 Å². The first kappa shape index (κ1) is 18.8. The Hall–Kier alpha value is -1.99. The molecule has 1 unspecified atom stereocenters. The number of amides is 1. The van der Waals surface area contributed by atoms with Crippen molar-refractivity contribution in [2.45, 2.75) is 39.7 Å². The molecule has 136 valence electrons. The number of fused-ring (bicyclic) bond motifs is 1. The van der Waals surface area contributed by atoms with Crippen molar-refractivity contribution < 1.29 is 4.79 Å². The van der Waals surface area contributed by atoms with Crippen LogP contribution in [0, 0.1) is 6.92 Å². The SMILES string of the molecule is CCc1sc2nc(C)n(C(CC)C(N)=O)c(=O)c2c1-c1ccc(Br)cc1. The number of halogens is 1. The Labute approximate surface area is 164 Å². The van der Waals surface area contributed by atoms with Crippen molar-refractivity contribution in [1.82, 2.24) is 9.55 Å². The maximum absolute atomic E-state index is 13.4. The Bertz CT molecular complexity index is 1040. The number of hydrogen-bond acceptors (Lipinski definition) is 4. The molecule has 0 saturated carbocycles. The van der Waals surface area contributed by atoms with Gasteiger partial charge in [0.1, 0.15) is 16.7 Å². The molecule has 1 amide bonds. The molecule has 3 aromatic rings. The molecule has 26 heavy (non-hydrogen) atoms. The summed E-state index contributed by atoms with van der Waals surface area (Å²) in [5.41, 5.74) is 7.21. The molecular formula is C19H20BrN3O2S. The van der Waals surface area contributed by atoms with Crippen LogP contribution in [0.1, 0.15) is 37.0 Å². The number of carbonyl (C=O) groups is 1. The van der Waals surface area contributed by atoms with Gasteiger partial charge < -0.3 is 5.73 Å². The molecular weight excluding hydrogens is 414 g/mol. The van der Waals surface area contributed by atoms with E-state index in [0.717, 1.165) is 26.9 Å². The number of aryl methyl sites for hydroxylation is 2. The van der Waals surface area contributed by atoms with Crippen molar-refractivity contribution >= 4 is 43.4 Å². The molecule has 2 heterocycles. The van der Waals surface area contributed by atoms with Crippen molar-refractivity contribution in [2.75, 3.05) is 0 Å². The van der Waals surface area contributed by atoms with Crippen molar-refractivity contribution in [3.63, 3.8) is 0 Å². The summed E-state index contributed by atoms with van der Waals surface area (Å²) in [6.45, 7) is 5.65. The van der Waals surface area contributed by atoms with Crippen LogP contribution in [-0.4, -0.2) is 15.5 Å². The number of nitrogens with two attached hydrogens (primary N) is 1. The Morgan fingerprint density at radius 1 is 1.31 bits per heavy atom. The molecule has 1 aromatic carbocycles. The number of benzene rings is 1. The minimum absolute atomic E-state index is 0.202. The van der Waals surface area contributed by atoms with E-state index in [1.54, 1.807) is 6.92 Å². The van der Waals surface area contributed by atoms with Gasteiger partial charge >= 0.3 is 0 Å². The predicted molar refractivity (Wildman–Crippen MR) is 110 cm³/mol. The number of thiophene rings is 1. The third kappa shape index (κ3) is 3.10. The van der Waals surface area contributed by atoms with Gasteiger partial charge in [-0.05, 0) is 37.5 Å². The summed E-state index contributed by atoms with van der Waals surface area (Å²) in [4.78, 5) is 31.7. The molecule has 0 radical (unpaired) electrons. The molecule has 7 heteroatoms. The summed E-state index contributed by atoms with van der Waals surface area (Å²) in [5.74, 6) is -0.00519. The lowest BCUT2D eigenvalue weighted by Gasteiger charge is -2.17. The van der Waals surface area contributed by atoms with E-state index in [2.05, 4.69) is 27.8 Å². The second-order valence-corrected chi connectivity index (χ2v) is 8.10. The Kier molecular flexibility index (Phi) is 5.29. The summed E-state index contributed by atoms with van der Waals surface area (Å²) in [7, 11) is 0. The van der Waals surface area contributed by atoms with Crippen LogP contribution in [0.5, 0.6) is 0 Å². The standard InChI is InChI=1S/C19H20BrN3O2S/c1-4-13(17(21)24)23-10(3)22-18-16(19(23)25)15(14(5-2)26-18)11-6-8-12(20)9-7-11/h6-9,13H,4-5H2,1-3H3,(H2,21,24). The number of hydrogen-bond donors (Lipinski definition) is 1. The average molecular weight is 434 g/mol. The molecule has 2 aromatic heterocycles. The van der Waals surface area contributed by atoms with Gasteiger partial charge in [-0.2, -0.15) is 0 Å². The number of aromatic nitrogens is 2. The lowest BCUT2D eigenvalue weighted by atomic mass is 10.0. The van der Waals surface area contributed by atoms with Gasteiger partial charge in [-0.15, -0.1) is 11.3 Å². The lowest BCUT2D eigenvalue weighted by molar-refractivity contribution is -0.121. The zero-order valence-electron chi connectivity index (χ0n) is 14.9. The summed E-state index contributed by atoms with van der Waals surface area (Å²) in [5, 5.41) is 0.569. The third-order valence-electron chi connectivity index (χ3n) is 4.49. The Morgan fingerprint density at radius 3 is 2.50 bits per heavy atom. The van der Waals surface area contributed by atoms with E-state index in [0.29, 0.717) is 22.5 Å². The fourth-order valence-corrected chi connectivity index (χ4v) is 4.69. The maximum atomic E-state index is 13.4. The maximum Gasteiger partial charge on any atom is 0.263 e. The smallest absolute Gasteiger partial charge is 0.263 e. The largest absolute Gasteiger partial charge is 0.368 e. The van der Waals surface area contributed by atoms with Crippen molar-refractivity contribution in [2.24, 2.45) is 5.73 Å².